The Kier molecular flexibility index (Phi) is 12.6. The Morgan fingerprint density at radius 1 is 1.33 bits per heavy atom. The zero-order chi connectivity index (χ0) is 19.6. The van der Waals surface area contributed by atoms with Crippen molar-refractivity contribution in [2.75, 3.05) is 12.8 Å². The van der Waals surface area contributed by atoms with Crippen molar-refractivity contribution in [2.45, 2.75) is 39.8 Å². The molecule has 0 aliphatic heterocycles. The van der Waals surface area contributed by atoms with Crippen LogP contribution in [0.5, 0.6) is 0 Å². The molecule has 0 spiro atoms. The van der Waals surface area contributed by atoms with Crippen LogP contribution in [-0.4, -0.2) is 35.8 Å². The van der Waals surface area contributed by atoms with Gasteiger partial charge in [-0.05, 0) is 30.7 Å². The molecular weight excluding hydrogens is 364 g/mol. The van der Waals surface area contributed by atoms with E-state index in [4.69, 9.17) is 4.74 Å². The minimum atomic E-state index is -3.97. The molecule has 0 aliphatic rings. The fourth-order valence-electron chi connectivity index (χ4n) is 2.18. The molecule has 8 nitrogen and oxygen atoms in total. The monoisotopic (exact) mass is 391 g/mol. The first-order valence-electron chi connectivity index (χ1n) is 8.49. The van der Waals surface area contributed by atoms with Crippen molar-refractivity contribution in [1.82, 2.24) is 10.4 Å². The van der Waals surface area contributed by atoms with Crippen molar-refractivity contribution in [3.63, 3.8) is 0 Å². The Morgan fingerprint density at radius 2 is 1.96 bits per heavy atom. The first kappa shape index (κ1) is 25.9. The van der Waals surface area contributed by atoms with Crippen LogP contribution < -0.4 is 39.3 Å². The second-order valence-electron chi connectivity index (χ2n) is 6.22. The first-order valence-corrected chi connectivity index (χ1v) is 10.3. The summed E-state index contributed by atoms with van der Waals surface area (Å²) in [4.78, 5) is 37.8. The van der Waals surface area contributed by atoms with Crippen LogP contribution in [-0.2, 0) is 11.3 Å². The summed E-state index contributed by atoms with van der Waals surface area (Å²) in [5.74, 6) is -0.338. The number of alkyl carbamates (subject to hydrolysis) is 1. The summed E-state index contributed by atoms with van der Waals surface area (Å²) < 4.78 is 4.98. The predicted molar refractivity (Wildman–Crippen MR) is 98.1 cm³/mol. The SMILES string of the molecule is CCN=C([O-])[C@H](CC(C)C)N[P+]([O-])(O)CNC(=O)OCc1ccccc1.[Li+]. The smallest absolute Gasteiger partial charge is 0.861 e. The number of amides is 1. The zero-order valence-electron chi connectivity index (χ0n) is 16.3. The van der Waals surface area contributed by atoms with Gasteiger partial charge in [0.25, 0.3) is 0 Å². The van der Waals surface area contributed by atoms with Gasteiger partial charge >= 0.3 is 25.0 Å². The van der Waals surface area contributed by atoms with Crippen LogP contribution in [0.15, 0.2) is 35.3 Å². The van der Waals surface area contributed by atoms with Gasteiger partial charge in [-0.2, -0.15) is 5.09 Å². The number of carbonyl (C=O) groups is 1. The van der Waals surface area contributed by atoms with Crippen LogP contribution in [0.3, 0.4) is 0 Å². The second-order valence-corrected chi connectivity index (χ2v) is 8.20. The summed E-state index contributed by atoms with van der Waals surface area (Å²) in [5.41, 5.74) is 0.803. The molecule has 0 aromatic heterocycles. The Balaban J connectivity index is 0.00000676. The maximum atomic E-state index is 12.3. The summed E-state index contributed by atoms with van der Waals surface area (Å²) in [6.07, 6.45) is -0.991. The molecule has 0 radical (unpaired) electrons. The number of hydrogen-bond acceptors (Lipinski definition) is 7. The predicted octanol–water partition coefficient (Wildman–Crippen LogP) is -2.23. The fraction of sp³-hybridized carbons (Fsp3) is 0.529. The molecular formula is C17H27LiN3O5P. The number of carbonyl (C=O) groups excluding carboxylic acids is 1. The van der Waals surface area contributed by atoms with E-state index in [1.54, 1.807) is 19.1 Å². The third-order valence-corrected chi connectivity index (χ3v) is 4.63. The molecule has 1 aromatic rings. The molecule has 1 unspecified atom stereocenters. The molecule has 1 amide bonds. The summed E-state index contributed by atoms with van der Waals surface area (Å²) in [7, 11) is -3.97. The molecule has 2 atom stereocenters. The molecule has 0 aliphatic carbocycles. The molecule has 1 aromatic carbocycles. The molecule has 0 saturated carbocycles. The van der Waals surface area contributed by atoms with Crippen molar-refractivity contribution in [3.05, 3.63) is 35.9 Å². The van der Waals surface area contributed by atoms with Crippen molar-refractivity contribution in [1.29, 1.82) is 0 Å². The third-order valence-electron chi connectivity index (χ3n) is 3.33. The molecule has 0 bridgehead atoms. The van der Waals surface area contributed by atoms with E-state index in [1.165, 1.54) is 0 Å². The topological polar surface area (TPSA) is 129 Å². The Hall–Kier alpha value is -1.13. The maximum absolute atomic E-state index is 12.3. The third kappa shape index (κ3) is 11.3. The van der Waals surface area contributed by atoms with Crippen molar-refractivity contribution < 1.29 is 43.3 Å². The molecule has 1 rings (SSSR count). The van der Waals surface area contributed by atoms with Gasteiger partial charge in [-0.1, -0.05) is 44.2 Å². The molecule has 27 heavy (non-hydrogen) atoms. The summed E-state index contributed by atoms with van der Waals surface area (Å²) in [6.45, 7) is 5.87. The Labute approximate surface area is 173 Å². The van der Waals surface area contributed by atoms with Gasteiger partial charge in [0.15, 0.2) is 14.2 Å². The quantitative estimate of drug-likeness (QED) is 0.179. The van der Waals surface area contributed by atoms with Gasteiger partial charge in [0.05, 0.1) is 6.04 Å². The normalized spacial score (nSPS) is 14.8. The summed E-state index contributed by atoms with van der Waals surface area (Å²) in [5, 5.41) is 16.7. The molecule has 146 valence electrons. The van der Waals surface area contributed by atoms with E-state index < -0.39 is 32.2 Å². The van der Waals surface area contributed by atoms with Gasteiger partial charge < -0.3 is 19.7 Å². The Morgan fingerprint density at radius 3 is 2.52 bits per heavy atom. The van der Waals surface area contributed by atoms with Crippen LogP contribution >= 0.6 is 7.87 Å². The van der Waals surface area contributed by atoms with Gasteiger partial charge in [-0.25, -0.2) is 9.69 Å². The van der Waals surface area contributed by atoms with Crippen molar-refractivity contribution in [3.8, 4) is 0 Å². The number of nitrogens with one attached hydrogen (secondary N) is 2. The van der Waals surface area contributed by atoms with Crippen LogP contribution in [0.2, 0.25) is 0 Å². The minimum absolute atomic E-state index is 0. The number of benzene rings is 1. The van der Waals surface area contributed by atoms with E-state index in [1.807, 2.05) is 32.0 Å². The number of rotatable bonds is 10. The molecule has 0 saturated heterocycles. The Bertz CT molecular complexity index is 587. The van der Waals surface area contributed by atoms with E-state index in [9.17, 15) is 19.7 Å². The van der Waals surface area contributed by atoms with E-state index in [0.29, 0.717) is 13.0 Å². The van der Waals surface area contributed by atoms with Crippen LogP contribution in [0.25, 0.3) is 0 Å². The average molecular weight is 391 g/mol. The van der Waals surface area contributed by atoms with Crippen molar-refractivity contribution in [2.24, 2.45) is 10.9 Å². The number of hydrogen-bond donors (Lipinski definition) is 3. The zero-order valence-corrected chi connectivity index (χ0v) is 17.2. The van der Waals surface area contributed by atoms with Crippen LogP contribution in [0.4, 0.5) is 4.79 Å². The van der Waals surface area contributed by atoms with Crippen LogP contribution in [0.1, 0.15) is 32.8 Å². The first-order chi connectivity index (χ1) is 12.2. The molecule has 3 N–H and O–H groups in total. The number of aliphatic imine (C=N–C) groups is 1. The number of nitrogens with zero attached hydrogens (tertiary/aromatic N) is 1. The average Bonchev–Trinajstić information content (AvgIpc) is 2.58. The van der Waals surface area contributed by atoms with Crippen LogP contribution in [0, 0.1) is 5.92 Å². The molecule has 10 heteroatoms. The van der Waals surface area contributed by atoms with Gasteiger partial charge in [0.2, 0.25) is 0 Å². The van der Waals surface area contributed by atoms with Gasteiger partial charge in [-0.15, -0.1) is 0 Å². The largest absolute Gasteiger partial charge is 1.00 e. The van der Waals surface area contributed by atoms with E-state index in [0.717, 1.165) is 5.56 Å². The number of ether oxygens (including phenoxy) is 1. The van der Waals surface area contributed by atoms with Gasteiger partial charge in [-0.3, -0.25) is 5.32 Å². The minimum Gasteiger partial charge on any atom is -0.861 e. The molecule has 0 heterocycles. The fourth-order valence-corrected chi connectivity index (χ4v) is 3.32. The van der Waals surface area contributed by atoms with Gasteiger partial charge in [0.1, 0.15) is 6.61 Å². The van der Waals surface area contributed by atoms with E-state index >= 15 is 0 Å². The standard InChI is InChI=1S/C17H28N3O5P.Li/c1-4-18-16(21)15(10-13(2)3)20-26(23,24)12-19-17(22)25-11-14-8-6-5-7-9-14;/h5-9,13,15H,4,10-12H2,1-3H3,(H,18,21)(H,19,22)(H2,20,23,24);/q;+1/p-1/t15-;/m0./s1. The second kappa shape index (κ2) is 13.1. The maximum Gasteiger partial charge on any atom is 1.00 e. The van der Waals surface area contributed by atoms with E-state index in [2.05, 4.69) is 15.4 Å². The summed E-state index contributed by atoms with van der Waals surface area (Å²) >= 11 is 0. The molecule has 0 fully saturated rings. The van der Waals surface area contributed by atoms with Gasteiger partial charge in [0, 0.05) is 6.54 Å². The van der Waals surface area contributed by atoms with E-state index in [-0.39, 0.29) is 31.4 Å². The van der Waals surface area contributed by atoms with Crippen molar-refractivity contribution >= 4 is 19.9 Å². The summed E-state index contributed by atoms with van der Waals surface area (Å²) in [6, 6.07) is 8.20.